The third kappa shape index (κ3) is 3.44. The number of pyridine rings is 1. The average Bonchev–Trinajstić information content (AvgIpc) is 3.22. The van der Waals surface area contributed by atoms with E-state index in [1.807, 2.05) is 46.8 Å². The molecule has 0 aliphatic carbocycles. The summed E-state index contributed by atoms with van der Waals surface area (Å²) in [5.74, 6) is 1.17. The number of piperidine rings is 1. The third-order valence-corrected chi connectivity index (χ3v) is 6.70. The molecule has 7 heteroatoms. The fraction of sp³-hybridized carbons (Fsp3) is 0.375. The minimum Gasteiger partial charge on any atom is -0.497 e. The molecule has 0 radical (unpaired) electrons. The molecule has 0 unspecified atom stereocenters. The van der Waals surface area contributed by atoms with Crippen molar-refractivity contribution < 1.29 is 9.53 Å². The Balaban J connectivity index is 1.52. The number of imidazole rings is 1. The van der Waals surface area contributed by atoms with E-state index in [2.05, 4.69) is 11.1 Å². The number of hydrogen-bond donors (Lipinski definition) is 0. The van der Waals surface area contributed by atoms with Crippen molar-refractivity contribution in [3.63, 3.8) is 0 Å². The number of likely N-dealkylation sites (tertiary alicyclic amines) is 1. The number of nitrogens with zero attached hydrogens (tertiary/aromatic N) is 4. The van der Waals surface area contributed by atoms with E-state index in [1.54, 1.807) is 30.3 Å². The van der Waals surface area contributed by atoms with Crippen LogP contribution in [0.5, 0.6) is 5.75 Å². The molecule has 1 fully saturated rings. The molecule has 31 heavy (non-hydrogen) atoms. The lowest BCUT2D eigenvalue weighted by Gasteiger charge is -2.47. The van der Waals surface area contributed by atoms with E-state index in [0.717, 1.165) is 29.8 Å². The number of aromatic nitrogens is 3. The second-order valence-corrected chi connectivity index (χ2v) is 8.57. The SMILES string of the molecule is COc1cccc(C[C@H]2[C@H]3C[C@H](CN(C(=O)c4cncn4C)C3)c3cccc(=O)n32)c1. The first kappa shape index (κ1) is 19.6. The maximum atomic E-state index is 13.2. The molecule has 4 heterocycles. The fourth-order valence-corrected chi connectivity index (χ4v) is 5.24. The Labute approximate surface area is 180 Å². The monoisotopic (exact) mass is 418 g/mol. The molecule has 2 aliphatic heterocycles. The van der Waals surface area contributed by atoms with Gasteiger partial charge in [-0.15, -0.1) is 0 Å². The van der Waals surface area contributed by atoms with Crippen LogP contribution < -0.4 is 10.3 Å². The summed E-state index contributed by atoms with van der Waals surface area (Å²) in [6.07, 6.45) is 4.98. The zero-order chi connectivity index (χ0) is 21.5. The predicted molar refractivity (Wildman–Crippen MR) is 116 cm³/mol. The molecule has 0 saturated carbocycles. The van der Waals surface area contributed by atoms with Crippen LogP contribution in [-0.2, 0) is 13.5 Å². The van der Waals surface area contributed by atoms with E-state index < -0.39 is 0 Å². The van der Waals surface area contributed by atoms with Crippen LogP contribution >= 0.6 is 0 Å². The lowest BCUT2D eigenvalue weighted by molar-refractivity contribution is 0.0520. The molecule has 0 N–H and O–H groups in total. The van der Waals surface area contributed by atoms with Crippen LogP contribution in [0.25, 0.3) is 0 Å². The number of amides is 1. The Bertz CT molecular complexity index is 1180. The minimum absolute atomic E-state index is 0.00144. The lowest BCUT2D eigenvalue weighted by atomic mass is 9.76. The van der Waals surface area contributed by atoms with Crippen LogP contribution in [0.4, 0.5) is 0 Å². The van der Waals surface area contributed by atoms with Crippen LogP contribution in [-0.4, -0.2) is 45.1 Å². The van der Waals surface area contributed by atoms with Crippen molar-refractivity contribution in [2.24, 2.45) is 13.0 Å². The highest BCUT2D eigenvalue weighted by atomic mass is 16.5. The summed E-state index contributed by atoms with van der Waals surface area (Å²) in [6.45, 7) is 1.26. The molecule has 2 aliphatic rings. The van der Waals surface area contributed by atoms with E-state index in [4.69, 9.17) is 4.74 Å². The molecule has 7 nitrogen and oxygen atoms in total. The Morgan fingerprint density at radius 1 is 1.19 bits per heavy atom. The number of methoxy groups -OCH3 is 1. The molecule has 3 atom stereocenters. The number of rotatable bonds is 4. The van der Waals surface area contributed by atoms with Gasteiger partial charge in [-0.25, -0.2) is 4.98 Å². The average molecular weight is 418 g/mol. The molecule has 1 amide bonds. The smallest absolute Gasteiger partial charge is 0.272 e. The highest BCUT2D eigenvalue weighted by Crippen LogP contribution is 2.42. The van der Waals surface area contributed by atoms with Crippen molar-refractivity contribution in [3.8, 4) is 5.75 Å². The van der Waals surface area contributed by atoms with Gasteiger partial charge >= 0.3 is 0 Å². The summed E-state index contributed by atoms with van der Waals surface area (Å²) >= 11 is 0. The first-order chi connectivity index (χ1) is 15.0. The molecule has 1 aromatic carbocycles. The van der Waals surface area contributed by atoms with Crippen molar-refractivity contribution in [2.75, 3.05) is 20.2 Å². The maximum Gasteiger partial charge on any atom is 0.272 e. The van der Waals surface area contributed by atoms with Gasteiger partial charge in [0, 0.05) is 43.9 Å². The predicted octanol–water partition coefficient (Wildman–Crippen LogP) is 2.63. The molecule has 5 rings (SSSR count). The van der Waals surface area contributed by atoms with Gasteiger partial charge in [-0.2, -0.15) is 0 Å². The highest BCUT2D eigenvalue weighted by Gasteiger charge is 2.42. The van der Waals surface area contributed by atoms with Gasteiger partial charge in [-0.3, -0.25) is 9.59 Å². The summed E-state index contributed by atoms with van der Waals surface area (Å²) in [6, 6.07) is 13.5. The number of hydrogen-bond acceptors (Lipinski definition) is 4. The molecular formula is C24H26N4O3. The van der Waals surface area contributed by atoms with Crippen LogP contribution in [0.1, 0.15) is 40.1 Å². The summed E-state index contributed by atoms with van der Waals surface area (Å²) in [5, 5.41) is 0. The number of ether oxygens (including phenoxy) is 1. The topological polar surface area (TPSA) is 69.4 Å². The molecule has 0 spiro atoms. The second-order valence-electron chi connectivity index (χ2n) is 8.57. The Morgan fingerprint density at radius 3 is 2.81 bits per heavy atom. The molecule has 3 aromatic rings. The summed E-state index contributed by atoms with van der Waals surface area (Å²) < 4.78 is 9.13. The Hall–Kier alpha value is -3.35. The zero-order valence-corrected chi connectivity index (χ0v) is 17.8. The molecular weight excluding hydrogens is 392 g/mol. The van der Waals surface area contributed by atoms with Crippen LogP contribution in [0.15, 0.2) is 59.8 Å². The quantitative estimate of drug-likeness (QED) is 0.653. The normalized spacial score (nSPS) is 22.1. The van der Waals surface area contributed by atoms with Crippen LogP contribution in [0, 0.1) is 5.92 Å². The van der Waals surface area contributed by atoms with Gasteiger partial charge in [0.1, 0.15) is 11.4 Å². The lowest BCUT2D eigenvalue weighted by Crippen LogP contribution is -2.51. The number of benzene rings is 1. The number of fused-ring (bicyclic) bond motifs is 4. The van der Waals surface area contributed by atoms with Gasteiger partial charge in [0.2, 0.25) is 0 Å². The van der Waals surface area contributed by atoms with E-state index in [9.17, 15) is 9.59 Å². The maximum absolute atomic E-state index is 13.2. The van der Waals surface area contributed by atoms with Gasteiger partial charge in [-0.05, 0) is 42.5 Å². The van der Waals surface area contributed by atoms with Crippen LogP contribution in [0.2, 0.25) is 0 Å². The van der Waals surface area contributed by atoms with Gasteiger partial charge in [-0.1, -0.05) is 18.2 Å². The summed E-state index contributed by atoms with van der Waals surface area (Å²) in [4.78, 5) is 32.2. The second kappa shape index (κ2) is 7.72. The van der Waals surface area contributed by atoms with Crippen LogP contribution in [0.3, 0.4) is 0 Å². The van der Waals surface area contributed by atoms with Gasteiger partial charge in [0.25, 0.3) is 11.5 Å². The summed E-state index contributed by atoms with van der Waals surface area (Å²) in [7, 11) is 3.50. The number of carbonyl (C=O) groups excluding carboxylic acids is 1. The molecule has 2 aromatic heterocycles. The van der Waals surface area contributed by atoms with Crippen molar-refractivity contribution in [1.29, 1.82) is 0 Å². The number of aryl methyl sites for hydroxylation is 1. The van der Waals surface area contributed by atoms with Crippen molar-refractivity contribution >= 4 is 5.91 Å². The standard InChI is InChI=1S/C24H26N4O3/c1-26-15-25-12-22(26)24(30)27-13-17-11-18(14-27)21(28-20(17)7-4-8-23(28)29)10-16-5-3-6-19(9-16)31-2/h3-9,12,15,17-18,21H,10-11,13-14H2,1-2H3/t17-,18+,21+/m1/s1. The first-order valence-corrected chi connectivity index (χ1v) is 10.6. The Kier molecular flexibility index (Phi) is 4.88. The Morgan fingerprint density at radius 2 is 2.03 bits per heavy atom. The van der Waals surface area contributed by atoms with Crippen molar-refractivity contribution in [1.82, 2.24) is 19.0 Å². The molecule has 1 saturated heterocycles. The van der Waals surface area contributed by atoms with Crippen molar-refractivity contribution in [2.45, 2.75) is 24.8 Å². The fourth-order valence-electron chi connectivity index (χ4n) is 5.24. The van der Waals surface area contributed by atoms with E-state index in [-0.39, 0.29) is 29.3 Å². The minimum atomic E-state index is -0.00538. The van der Waals surface area contributed by atoms with E-state index >= 15 is 0 Å². The zero-order valence-electron chi connectivity index (χ0n) is 17.8. The first-order valence-electron chi connectivity index (χ1n) is 10.6. The third-order valence-electron chi connectivity index (χ3n) is 6.70. The summed E-state index contributed by atoms with van der Waals surface area (Å²) in [5.41, 5.74) is 2.78. The van der Waals surface area contributed by atoms with E-state index in [0.29, 0.717) is 18.8 Å². The van der Waals surface area contributed by atoms with Crippen molar-refractivity contribution in [3.05, 3.63) is 82.3 Å². The van der Waals surface area contributed by atoms with Gasteiger partial charge in [0.05, 0.1) is 19.6 Å². The molecule has 160 valence electrons. The highest BCUT2D eigenvalue weighted by molar-refractivity contribution is 5.92. The molecule has 2 bridgehead atoms. The van der Waals surface area contributed by atoms with E-state index in [1.165, 1.54) is 0 Å². The largest absolute Gasteiger partial charge is 0.497 e. The van der Waals surface area contributed by atoms with Gasteiger partial charge in [0.15, 0.2) is 0 Å². The van der Waals surface area contributed by atoms with Gasteiger partial charge < -0.3 is 18.8 Å². The number of carbonyl (C=O) groups is 1.